The Morgan fingerprint density at radius 3 is 1.96 bits per heavy atom. The van der Waals surface area contributed by atoms with Crippen molar-refractivity contribution in [1.29, 1.82) is 0 Å². The van der Waals surface area contributed by atoms with Gasteiger partial charge in [-0.3, -0.25) is 0 Å². The van der Waals surface area contributed by atoms with E-state index in [4.69, 9.17) is 4.74 Å². The van der Waals surface area contributed by atoms with Gasteiger partial charge >= 0.3 is 0 Å². The summed E-state index contributed by atoms with van der Waals surface area (Å²) in [6, 6.07) is 24.5. The first-order valence-electron chi connectivity index (χ1n) is 8.40. The lowest BCUT2D eigenvalue weighted by atomic mass is 10.1. The van der Waals surface area contributed by atoms with Crippen molar-refractivity contribution >= 4 is 11.9 Å². The van der Waals surface area contributed by atoms with Crippen molar-refractivity contribution in [3.63, 3.8) is 0 Å². The minimum absolute atomic E-state index is 0.625. The molecule has 3 heteroatoms. The van der Waals surface area contributed by atoms with Crippen LogP contribution in [0, 0.1) is 0 Å². The van der Waals surface area contributed by atoms with Crippen molar-refractivity contribution in [3.05, 3.63) is 89.5 Å². The summed E-state index contributed by atoms with van der Waals surface area (Å²) >= 11 is 0. The highest BCUT2D eigenvalue weighted by Gasteiger charge is 2.23. The van der Waals surface area contributed by atoms with Crippen molar-refractivity contribution < 1.29 is 4.74 Å². The predicted molar refractivity (Wildman–Crippen MR) is 103 cm³/mol. The van der Waals surface area contributed by atoms with Crippen LogP contribution in [-0.2, 0) is 0 Å². The van der Waals surface area contributed by atoms with Crippen LogP contribution in [0.2, 0.25) is 0 Å². The highest BCUT2D eigenvalue weighted by molar-refractivity contribution is 6.24. The summed E-state index contributed by atoms with van der Waals surface area (Å²) in [4.78, 5) is 0. The Labute approximate surface area is 147 Å². The number of ether oxygens (including phenoxy) is 1. The summed E-state index contributed by atoms with van der Waals surface area (Å²) < 4.78 is 5.63. The molecule has 0 aliphatic heterocycles. The standard InChI is InChI=1S/C22H18N2O/c1-2-25-21-14-8-3-9-16(21)15-23-24-22-19-12-6-4-10-17(19)18-11-5-7-13-20(18)22/h3-15H,2H2,1H3/b23-15+. The first-order chi connectivity index (χ1) is 12.4. The van der Waals surface area contributed by atoms with Gasteiger partial charge in [0.2, 0.25) is 0 Å². The van der Waals surface area contributed by atoms with E-state index in [9.17, 15) is 0 Å². The Balaban J connectivity index is 1.73. The highest BCUT2D eigenvalue weighted by Crippen LogP contribution is 2.36. The van der Waals surface area contributed by atoms with Crippen LogP contribution >= 0.6 is 0 Å². The zero-order valence-corrected chi connectivity index (χ0v) is 14.0. The molecule has 0 N–H and O–H groups in total. The molecule has 0 fully saturated rings. The molecule has 0 unspecified atom stereocenters. The fourth-order valence-corrected chi connectivity index (χ4v) is 3.12. The van der Waals surface area contributed by atoms with Gasteiger partial charge in [0.1, 0.15) is 11.5 Å². The largest absolute Gasteiger partial charge is 0.493 e. The van der Waals surface area contributed by atoms with Crippen LogP contribution in [0.15, 0.2) is 83.0 Å². The quantitative estimate of drug-likeness (QED) is 0.386. The van der Waals surface area contributed by atoms with Crippen LogP contribution in [0.3, 0.4) is 0 Å². The van der Waals surface area contributed by atoms with Gasteiger partial charge in [0.25, 0.3) is 0 Å². The van der Waals surface area contributed by atoms with Crippen LogP contribution < -0.4 is 4.74 Å². The van der Waals surface area contributed by atoms with E-state index in [1.807, 2.05) is 43.3 Å². The molecule has 0 radical (unpaired) electrons. The van der Waals surface area contributed by atoms with Crippen LogP contribution in [-0.4, -0.2) is 18.5 Å². The minimum atomic E-state index is 0.625. The van der Waals surface area contributed by atoms with E-state index in [0.29, 0.717) is 6.61 Å². The van der Waals surface area contributed by atoms with Gasteiger partial charge in [0, 0.05) is 16.7 Å². The highest BCUT2D eigenvalue weighted by atomic mass is 16.5. The van der Waals surface area contributed by atoms with Gasteiger partial charge in [-0.05, 0) is 30.2 Å². The molecule has 122 valence electrons. The number of benzene rings is 3. The van der Waals surface area contributed by atoms with Crippen LogP contribution in [0.1, 0.15) is 23.6 Å². The molecular weight excluding hydrogens is 308 g/mol. The van der Waals surface area contributed by atoms with E-state index in [2.05, 4.69) is 46.6 Å². The maximum absolute atomic E-state index is 5.63. The molecule has 0 heterocycles. The molecule has 0 aromatic heterocycles. The maximum Gasteiger partial charge on any atom is 0.128 e. The van der Waals surface area contributed by atoms with Crippen molar-refractivity contribution in [2.45, 2.75) is 6.92 Å². The third-order valence-corrected chi connectivity index (χ3v) is 4.23. The Morgan fingerprint density at radius 2 is 1.32 bits per heavy atom. The Hall–Kier alpha value is -3.20. The number of rotatable bonds is 4. The number of hydrogen-bond donors (Lipinski definition) is 0. The zero-order valence-electron chi connectivity index (χ0n) is 14.0. The fourth-order valence-electron chi connectivity index (χ4n) is 3.12. The van der Waals surface area contributed by atoms with Crippen LogP contribution in [0.25, 0.3) is 11.1 Å². The monoisotopic (exact) mass is 326 g/mol. The smallest absolute Gasteiger partial charge is 0.128 e. The van der Waals surface area contributed by atoms with Crippen molar-refractivity contribution in [2.24, 2.45) is 10.2 Å². The topological polar surface area (TPSA) is 34.0 Å². The maximum atomic E-state index is 5.63. The number of hydrogen-bond acceptors (Lipinski definition) is 3. The average Bonchev–Trinajstić information content (AvgIpc) is 2.98. The molecule has 4 rings (SSSR count). The molecule has 1 aliphatic rings. The molecule has 0 saturated carbocycles. The Morgan fingerprint density at radius 1 is 0.760 bits per heavy atom. The molecule has 3 aromatic carbocycles. The third kappa shape index (κ3) is 2.85. The number of nitrogens with zero attached hydrogens (tertiary/aromatic N) is 2. The van der Waals surface area contributed by atoms with Crippen molar-refractivity contribution in [2.75, 3.05) is 6.61 Å². The van der Waals surface area contributed by atoms with Gasteiger partial charge in [0.05, 0.1) is 12.8 Å². The van der Waals surface area contributed by atoms with Crippen molar-refractivity contribution in [1.82, 2.24) is 0 Å². The van der Waals surface area contributed by atoms with Gasteiger partial charge in [-0.15, -0.1) is 5.10 Å². The van der Waals surface area contributed by atoms with E-state index in [0.717, 1.165) is 28.2 Å². The summed E-state index contributed by atoms with van der Waals surface area (Å²) in [7, 11) is 0. The van der Waals surface area contributed by atoms with E-state index < -0.39 is 0 Å². The summed E-state index contributed by atoms with van der Waals surface area (Å²) in [6.45, 7) is 2.60. The van der Waals surface area contributed by atoms with Crippen LogP contribution in [0.5, 0.6) is 5.75 Å². The molecule has 0 amide bonds. The number of para-hydroxylation sites is 1. The lowest BCUT2D eigenvalue weighted by Crippen LogP contribution is -1.98. The zero-order chi connectivity index (χ0) is 17.1. The van der Waals surface area contributed by atoms with E-state index in [1.54, 1.807) is 6.21 Å². The first kappa shape index (κ1) is 15.3. The lowest BCUT2D eigenvalue weighted by Gasteiger charge is -2.05. The molecule has 0 saturated heterocycles. The van der Waals surface area contributed by atoms with Gasteiger partial charge in [-0.1, -0.05) is 60.7 Å². The Kier molecular flexibility index (Phi) is 4.13. The minimum Gasteiger partial charge on any atom is -0.493 e. The molecular formula is C22H18N2O. The molecule has 1 aliphatic carbocycles. The summed E-state index contributed by atoms with van der Waals surface area (Å²) in [5, 5.41) is 8.88. The molecule has 3 aromatic rings. The van der Waals surface area contributed by atoms with Gasteiger partial charge < -0.3 is 4.74 Å². The normalized spacial score (nSPS) is 12.1. The van der Waals surface area contributed by atoms with Gasteiger partial charge in [-0.2, -0.15) is 5.10 Å². The molecule has 25 heavy (non-hydrogen) atoms. The summed E-state index contributed by atoms with van der Waals surface area (Å²) in [5.41, 5.74) is 6.51. The molecule has 0 spiro atoms. The van der Waals surface area contributed by atoms with E-state index in [-0.39, 0.29) is 0 Å². The Bertz CT molecular complexity index is 926. The summed E-state index contributed by atoms with van der Waals surface area (Å²) in [5.74, 6) is 0.821. The second-order valence-electron chi connectivity index (χ2n) is 5.76. The van der Waals surface area contributed by atoms with Gasteiger partial charge in [-0.25, -0.2) is 0 Å². The second-order valence-corrected chi connectivity index (χ2v) is 5.76. The van der Waals surface area contributed by atoms with E-state index in [1.165, 1.54) is 11.1 Å². The molecule has 0 bridgehead atoms. The number of fused-ring (bicyclic) bond motifs is 3. The molecule has 3 nitrogen and oxygen atoms in total. The lowest BCUT2D eigenvalue weighted by molar-refractivity contribution is 0.340. The third-order valence-electron chi connectivity index (χ3n) is 4.23. The van der Waals surface area contributed by atoms with Gasteiger partial charge in [0.15, 0.2) is 0 Å². The fraction of sp³-hybridized carbons (Fsp3) is 0.0909. The SMILES string of the molecule is CCOc1ccccc1/C=N/N=C1c2ccccc2-c2ccccc21. The van der Waals surface area contributed by atoms with Crippen molar-refractivity contribution in [3.8, 4) is 16.9 Å². The summed E-state index contributed by atoms with van der Waals surface area (Å²) in [6.07, 6.45) is 1.75. The second kappa shape index (κ2) is 6.73. The first-order valence-corrected chi connectivity index (χ1v) is 8.40. The average molecular weight is 326 g/mol. The molecule has 0 atom stereocenters. The predicted octanol–water partition coefficient (Wildman–Crippen LogP) is 4.94. The van der Waals surface area contributed by atoms with E-state index >= 15 is 0 Å². The van der Waals surface area contributed by atoms with Crippen LogP contribution in [0.4, 0.5) is 0 Å².